The zero-order valence-electron chi connectivity index (χ0n) is 14.7. The van der Waals surface area contributed by atoms with Gasteiger partial charge in [-0.2, -0.15) is 0 Å². The highest BCUT2D eigenvalue weighted by atomic mass is 19.1. The Labute approximate surface area is 143 Å². The number of aliphatic imine (C=N–C) groups is 1. The highest BCUT2D eigenvalue weighted by Gasteiger charge is 2.29. The van der Waals surface area contributed by atoms with Crippen LogP contribution in [0.15, 0.2) is 29.3 Å². The minimum Gasteiger partial charge on any atom is -0.370 e. The van der Waals surface area contributed by atoms with Gasteiger partial charge in [0.2, 0.25) is 0 Å². The van der Waals surface area contributed by atoms with Gasteiger partial charge >= 0.3 is 0 Å². The zero-order chi connectivity index (χ0) is 17.1. The molecule has 6 heteroatoms. The summed E-state index contributed by atoms with van der Waals surface area (Å²) in [5.41, 5.74) is 7.24. The summed E-state index contributed by atoms with van der Waals surface area (Å²) in [7, 11) is 2.18. The van der Waals surface area contributed by atoms with Gasteiger partial charge in [0.15, 0.2) is 5.96 Å². The second-order valence-corrected chi connectivity index (χ2v) is 6.90. The minimum atomic E-state index is -0.195. The molecule has 132 valence electrons. The van der Waals surface area contributed by atoms with Crippen molar-refractivity contribution in [1.82, 2.24) is 9.80 Å². The van der Waals surface area contributed by atoms with Crippen LogP contribution >= 0.6 is 0 Å². The first-order chi connectivity index (χ1) is 11.5. The molecule has 0 aromatic heterocycles. The van der Waals surface area contributed by atoms with Crippen molar-refractivity contribution in [3.63, 3.8) is 0 Å². The Hall–Kier alpha value is -1.82. The fraction of sp³-hybridized carbons (Fsp3) is 0.611. The molecule has 0 radical (unpaired) electrons. The summed E-state index contributed by atoms with van der Waals surface area (Å²) in [6, 6.07) is 7.85. The van der Waals surface area contributed by atoms with E-state index in [-0.39, 0.29) is 5.82 Å². The number of nitrogens with two attached hydrogens (primary N) is 1. The molecule has 1 saturated carbocycles. The van der Waals surface area contributed by atoms with Gasteiger partial charge in [-0.25, -0.2) is 4.39 Å². The van der Waals surface area contributed by atoms with Gasteiger partial charge < -0.3 is 15.5 Å². The molecule has 0 amide bonds. The minimum absolute atomic E-state index is 0.195. The van der Waals surface area contributed by atoms with E-state index in [1.807, 2.05) is 12.1 Å². The Balaban J connectivity index is 1.48. The fourth-order valence-corrected chi connectivity index (χ4v) is 3.14. The van der Waals surface area contributed by atoms with Crippen LogP contribution in [0.4, 0.5) is 10.1 Å². The van der Waals surface area contributed by atoms with Crippen molar-refractivity contribution < 1.29 is 4.39 Å². The van der Waals surface area contributed by atoms with Crippen LogP contribution in [-0.4, -0.2) is 67.6 Å². The van der Waals surface area contributed by atoms with Crippen LogP contribution < -0.4 is 10.6 Å². The lowest BCUT2D eigenvalue weighted by Crippen LogP contribution is -2.51. The van der Waals surface area contributed by atoms with Crippen molar-refractivity contribution in [2.75, 3.05) is 44.7 Å². The average Bonchev–Trinajstić information content (AvgIpc) is 3.44. The van der Waals surface area contributed by atoms with Crippen molar-refractivity contribution in [2.24, 2.45) is 10.7 Å². The molecule has 1 heterocycles. The van der Waals surface area contributed by atoms with Gasteiger partial charge in [-0.15, -0.1) is 0 Å². The Morgan fingerprint density at radius 2 is 1.88 bits per heavy atom. The third kappa shape index (κ3) is 4.17. The van der Waals surface area contributed by atoms with Crippen molar-refractivity contribution in [3.05, 3.63) is 30.1 Å². The molecule has 2 aliphatic rings. The molecular weight excluding hydrogens is 305 g/mol. The third-order valence-electron chi connectivity index (χ3n) is 5.13. The first-order valence-corrected chi connectivity index (χ1v) is 8.82. The second kappa shape index (κ2) is 7.38. The van der Waals surface area contributed by atoms with Gasteiger partial charge in [-0.1, -0.05) is 0 Å². The number of halogens is 1. The smallest absolute Gasteiger partial charge is 0.191 e. The van der Waals surface area contributed by atoms with Crippen LogP contribution in [0.3, 0.4) is 0 Å². The number of likely N-dealkylation sites (N-methyl/N-ethyl adjacent to an activating group) is 1. The molecule has 3 rings (SSSR count). The standard InChI is InChI=1S/C18H28FN5/c1-14(22(2)16-7-8-16)13-21-18(20)24-11-9-23(10-12-24)17-5-3-15(19)4-6-17/h3-6,14,16H,7-13H2,1-2H3,(H2,20,21). The molecule has 1 saturated heterocycles. The normalized spacial score (nSPS) is 20.6. The number of piperazine rings is 1. The molecule has 1 aromatic carbocycles. The summed E-state index contributed by atoms with van der Waals surface area (Å²) < 4.78 is 13.0. The zero-order valence-corrected chi connectivity index (χ0v) is 14.7. The number of rotatable bonds is 5. The van der Waals surface area contributed by atoms with Crippen molar-refractivity contribution in [1.29, 1.82) is 0 Å². The first kappa shape index (κ1) is 17.0. The predicted octanol–water partition coefficient (Wildman–Crippen LogP) is 1.75. The number of guanidine groups is 1. The number of hydrogen-bond donors (Lipinski definition) is 1. The lowest BCUT2D eigenvalue weighted by molar-refractivity contribution is 0.252. The Morgan fingerprint density at radius 1 is 1.25 bits per heavy atom. The number of nitrogens with zero attached hydrogens (tertiary/aromatic N) is 4. The SMILES string of the molecule is CC(CN=C(N)N1CCN(c2ccc(F)cc2)CC1)N(C)C1CC1. The van der Waals surface area contributed by atoms with Crippen LogP contribution in [0.25, 0.3) is 0 Å². The maximum Gasteiger partial charge on any atom is 0.191 e. The van der Waals surface area contributed by atoms with Crippen LogP contribution in [0, 0.1) is 5.82 Å². The third-order valence-corrected chi connectivity index (χ3v) is 5.13. The molecule has 1 atom stereocenters. The first-order valence-electron chi connectivity index (χ1n) is 8.82. The van der Waals surface area contributed by atoms with E-state index in [1.165, 1.54) is 25.0 Å². The maximum absolute atomic E-state index is 13.0. The molecule has 1 unspecified atom stereocenters. The molecule has 0 spiro atoms. The lowest BCUT2D eigenvalue weighted by atomic mass is 10.2. The average molecular weight is 333 g/mol. The molecule has 5 nitrogen and oxygen atoms in total. The van der Waals surface area contributed by atoms with Crippen LogP contribution in [0.5, 0.6) is 0 Å². The molecule has 24 heavy (non-hydrogen) atoms. The highest BCUT2D eigenvalue weighted by Crippen LogP contribution is 2.26. The van der Waals surface area contributed by atoms with Crippen LogP contribution in [-0.2, 0) is 0 Å². The summed E-state index contributed by atoms with van der Waals surface area (Å²) in [5.74, 6) is 0.448. The summed E-state index contributed by atoms with van der Waals surface area (Å²) in [6.07, 6.45) is 2.62. The number of hydrogen-bond acceptors (Lipinski definition) is 3. The summed E-state index contributed by atoms with van der Waals surface area (Å²) in [4.78, 5) is 11.4. The van der Waals surface area contributed by atoms with Gasteiger partial charge in [-0.3, -0.25) is 9.89 Å². The van der Waals surface area contributed by atoms with E-state index >= 15 is 0 Å². The van der Waals surface area contributed by atoms with E-state index in [0.717, 1.165) is 44.5 Å². The topological polar surface area (TPSA) is 48.1 Å². The summed E-state index contributed by atoms with van der Waals surface area (Å²) in [5, 5.41) is 0. The highest BCUT2D eigenvalue weighted by molar-refractivity contribution is 5.78. The van der Waals surface area contributed by atoms with Gasteiger partial charge in [-0.05, 0) is 51.1 Å². The van der Waals surface area contributed by atoms with E-state index in [9.17, 15) is 4.39 Å². The summed E-state index contributed by atoms with van der Waals surface area (Å²) in [6.45, 7) is 6.40. The molecular formula is C18H28FN5. The molecule has 2 N–H and O–H groups in total. The Morgan fingerprint density at radius 3 is 2.46 bits per heavy atom. The van der Waals surface area contributed by atoms with Crippen LogP contribution in [0.2, 0.25) is 0 Å². The quantitative estimate of drug-likeness (QED) is 0.659. The Kier molecular flexibility index (Phi) is 5.23. The number of benzene rings is 1. The molecule has 2 fully saturated rings. The lowest BCUT2D eigenvalue weighted by Gasteiger charge is -2.36. The molecule has 1 aliphatic carbocycles. The van der Waals surface area contributed by atoms with Gasteiger partial charge in [0.05, 0.1) is 6.54 Å². The summed E-state index contributed by atoms with van der Waals surface area (Å²) >= 11 is 0. The van der Waals surface area contributed by atoms with Crippen molar-refractivity contribution in [2.45, 2.75) is 31.8 Å². The molecule has 1 aromatic rings. The molecule has 0 bridgehead atoms. The maximum atomic E-state index is 13.0. The van der Waals surface area contributed by atoms with E-state index < -0.39 is 0 Å². The van der Waals surface area contributed by atoms with Gasteiger partial charge in [0.1, 0.15) is 5.82 Å². The van der Waals surface area contributed by atoms with E-state index in [2.05, 4.69) is 33.7 Å². The van der Waals surface area contributed by atoms with Crippen molar-refractivity contribution in [3.8, 4) is 0 Å². The van der Waals surface area contributed by atoms with Gasteiger partial charge in [0.25, 0.3) is 0 Å². The monoisotopic (exact) mass is 333 g/mol. The van der Waals surface area contributed by atoms with E-state index in [4.69, 9.17) is 5.73 Å². The predicted molar refractivity (Wildman–Crippen MR) is 96.9 cm³/mol. The van der Waals surface area contributed by atoms with Crippen LogP contribution in [0.1, 0.15) is 19.8 Å². The second-order valence-electron chi connectivity index (χ2n) is 6.90. The van der Waals surface area contributed by atoms with E-state index in [0.29, 0.717) is 12.0 Å². The number of anilines is 1. The fourth-order valence-electron chi connectivity index (χ4n) is 3.14. The van der Waals surface area contributed by atoms with Crippen molar-refractivity contribution >= 4 is 11.6 Å². The van der Waals surface area contributed by atoms with Gasteiger partial charge in [0, 0.05) is 44.0 Å². The molecule has 1 aliphatic heterocycles. The van der Waals surface area contributed by atoms with E-state index in [1.54, 1.807) is 0 Å². The Bertz CT molecular complexity index is 561. The largest absolute Gasteiger partial charge is 0.370 e.